The molecule has 0 amide bonds. The van der Waals surface area contributed by atoms with Gasteiger partial charge in [-0.05, 0) is 32.1 Å². The molecule has 0 bridgehead atoms. The first-order chi connectivity index (χ1) is 6.88. The number of imidazole rings is 1. The molecule has 84 valence electrons. The Hall–Kier alpha value is -0.790. The fourth-order valence-electron chi connectivity index (χ4n) is 2.11. The Morgan fingerprint density at radius 2 is 1.87 bits per heavy atom. The highest BCUT2D eigenvalue weighted by atomic mass is 15.1. The number of aryl methyl sites for hydroxylation is 1. The normalized spacial score (nSPS) is 17.1. The second kappa shape index (κ2) is 3.36. The van der Waals surface area contributed by atoms with E-state index in [1.165, 1.54) is 30.1 Å². The predicted octanol–water partition coefficient (Wildman–Crippen LogP) is 3.42. The molecular weight excluding hydrogens is 184 g/mol. The minimum Gasteiger partial charge on any atom is -0.329 e. The molecule has 0 radical (unpaired) electrons. The minimum absolute atomic E-state index is 0.330. The highest BCUT2D eigenvalue weighted by Gasteiger charge is 2.29. The molecule has 1 heterocycles. The average Bonchev–Trinajstić information content (AvgIpc) is 2.81. The second-order valence-electron chi connectivity index (χ2n) is 6.04. The van der Waals surface area contributed by atoms with Crippen LogP contribution >= 0.6 is 0 Å². The van der Waals surface area contributed by atoms with E-state index in [1.807, 2.05) is 0 Å². The van der Waals surface area contributed by atoms with Crippen LogP contribution in [0, 0.1) is 19.3 Å². The minimum atomic E-state index is 0.330. The van der Waals surface area contributed by atoms with Crippen LogP contribution in [-0.2, 0) is 6.42 Å². The highest BCUT2D eigenvalue weighted by molar-refractivity contribution is 5.18. The molecule has 1 aromatic rings. The van der Waals surface area contributed by atoms with Crippen molar-refractivity contribution in [2.24, 2.45) is 5.41 Å². The van der Waals surface area contributed by atoms with Gasteiger partial charge in [0.15, 0.2) is 0 Å². The number of hydrogen-bond donors (Lipinski definition) is 0. The van der Waals surface area contributed by atoms with Gasteiger partial charge >= 0.3 is 0 Å². The lowest BCUT2D eigenvalue weighted by Gasteiger charge is -2.19. The first kappa shape index (κ1) is 10.7. The van der Waals surface area contributed by atoms with E-state index in [9.17, 15) is 0 Å². The van der Waals surface area contributed by atoms with E-state index in [4.69, 9.17) is 4.98 Å². The topological polar surface area (TPSA) is 17.8 Å². The van der Waals surface area contributed by atoms with Crippen molar-refractivity contribution in [1.82, 2.24) is 9.55 Å². The molecular formula is C13H22N2. The van der Waals surface area contributed by atoms with Gasteiger partial charge in [-0.15, -0.1) is 0 Å². The summed E-state index contributed by atoms with van der Waals surface area (Å²) in [6, 6.07) is 0.753. The zero-order valence-corrected chi connectivity index (χ0v) is 10.6. The molecule has 0 aromatic carbocycles. The Morgan fingerprint density at radius 1 is 1.27 bits per heavy atom. The molecule has 0 spiro atoms. The molecule has 1 saturated carbocycles. The van der Waals surface area contributed by atoms with Crippen molar-refractivity contribution in [2.45, 2.75) is 59.9 Å². The third kappa shape index (κ3) is 2.24. The standard InChI is InChI=1S/C13H22N2/c1-9-10(2)15(11-6-7-11)12(14-9)8-13(3,4)5/h11H,6-8H2,1-5H3. The summed E-state index contributed by atoms with van der Waals surface area (Å²) in [4.78, 5) is 4.72. The molecule has 0 atom stereocenters. The third-order valence-corrected chi connectivity index (χ3v) is 3.06. The maximum absolute atomic E-state index is 4.72. The Balaban J connectivity index is 2.33. The van der Waals surface area contributed by atoms with Crippen molar-refractivity contribution >= 4 is 0 Å². The molecule has 1 aromatic heterocycles. The predicted molar refractivity (Wildman–Crippen MR) is 63.1 cm³/mol. The molecule has 1 fully saturated rings. The lowest BCUT2D eigenvalue weighted by Crippen LogP contribution is -2.14. The number of hydrogen-bond acceptors (Lipinski definition) is 1. The Kier molecular flexibility index (Phi) is 2.40. The Morgan fingerprint density at radius 3 is 2.33 bits per heavy atom. The summed E-state index contributed by atoms with van der Waals surface area (Å²) in [7, 11) is 0. The van der Waals surface area contributed by atoms with Crippen molar-refractivity contribution in [3.63, 3.8) is 0 Å². The van der Waals surface area contributed by atoms with E-state index in [2.05, 4.69) is 39.2 Å². The fourth-order valence-corrected chi connectivity index (χ4v) is 2.11. The molecule has 2 nitrogen and oxygen atoms in total. The van der Waals surface area contributed by atoms with Gasteiger partial charge in [0.25, 0.3) is 0 Å². The molecule has 0 aliphatic heterocycles. The maximum Gasteiger partial charge on any atom is 0.109 e. The van der Waals surface area contributed by atoms with Crippen molar-refractivity contribution < 1.29 is 0 Å². The molecule has 1 aliphatic rings. The van der Waals surface area contributed by atoms with Crippen molar-refractivity contribution in [1.29, 1.82) is 0 Å². The summed E-state index contributed by atoms with van der Waals surface area (Å²) in [6.45, 7) is 11.2. The number of nitrogens with zero attached hydrogens (tertiary/aromatic N) is 2. The van der Waals surface area contributed by atoms with E-state index in [0.717, 1.165) is 12.5 Å². The largest absolute Gasteiger partial charge is 0.329 e. The molecule has 0 saturated heterocycles. The monoisotopic (exact) mass is 206 g/mol. The van der Waals surface area contributed by atoms with E-state index in [0.29, 0.717) is 5.41 Å². The van der Waals surface area contributed by atoms with Crippen LogP contribution in [0.15, 0.2) is 0 Å². The lowest BCUT2D eigenvalue weighted by molar-refractivity contribution is 0.391. The van der Waals surface area contributed by atoms with Gasteiger partial charge in [-0.1, -0.05) is 20.8 Å². The quantitative estimate of drug-likeness (QED) is 0.725. The van der Waals surface area contributed by atoms with Crippen LogP contribution in [0.2, 0.25) is 0 Å². The van der Waals surface area contributed by atoms with Gasteiger partial charge in [-0.3, -0.25) is 0 Å². The van der Waals surface area contributed by atoms with Crippen molar-refractivity contribution in [3.8, 4) is 0 Å². The van der Waals surface area contributed by atoms with E-state index in [-0.39, 0.29) is 0 Å². The summed E-state index contributed by atoms with van der Waals surface area (Å²) in [6.07, 6.45) is 3.76. The number of rotatable bonds is 2. The van der Waals surface area contributed by atoms with Gasteiger partial charge in [-0.2, -0.15) is 0 Å². The van der Waals surface area contributed by atoms with Gasteiger partial charge < -0.3 is 4.57 Å². The van der Waals surface area contributed by atoms with Crippen LogP contribution in [0.3, 0.4) is 0 Å². The molecule has 2 rings (SSSR count). The molecule has 0 N–H and O–H groups in total. The van der Waals surface area contributed by atoms with Gasteiger partial charge in [0.2, 0.25) is 0 Å². The highest BCUT2D eigenvalue weighted by Crippen LogP contribution is 2.38. The smallest absolute Gasteiger partial charge is 0.109 e. The van der Waals surface area contributed by atoms with Gasteiger partial charge in [0.05, 0.1) is 5.69 Å². The number of aromatic nitrogens is 2. The Bertz CT molecular complexity index is 365. The maximum atomic E-state index is 4.72. The van der Waals surface area contributed by atoms with Crippen LogP contribution in [0.4, 0.5) is 0 Å². The summed E-state index contributed by atoms with van der Waals surface area (Å²) in [5.41, 5.74) is 2.91. The lowest BCUT2D eigenvalue weighted by atomic mass is 9.92. The average molecular weight is 206 g/mol. The van der Waals surface area contributed by atoms with E-state index >= 15 is 0 Å². The zero-order valence-electron chi connectivity index (χ0n) is 10.6. The molecule has 1 aliphatic carbocycles. The first-order valence-electron chi connectivity index (χ1n) is 5.93. The van der Waals surface area contributed by atoms with Crippen LogP contribution in [0.5, 0.6) is 0 Å². The summed E-state index contributed by atoms with van der Waals surface area (Å²) >= 11 is 0. The van der Waals surface area contributed by atoms with Gasteiger partial charge in [0, 0.05) is 18.2 Å². The van der Waals surface area contributed by atoms with Crippen LogP contribution < -0.4 is 0 Å². The summed E-state index contributed by atoms with van der Waals surface area (Å²) in [5.74, 6) is 1.29. The second-order valence-corrected chi connectivity index (χ2v) is 6.04. The SMILES string of the molecule is Cc1nc(CC(C)(C)C)n(C2CC2)c1C. The molecule has 2 heteroatoms. The zero-order chi connectivity index (χ0) is 11.2. The van der Waals surface area contributed by atoms with Crippen molar-refractivity contribution in [3.05, 3.63) is 17.2 Å². The first-order valence-corrected chi connectivity index (χ1v) is 5.93. The van der Waals surface area contributed by atoms with E-state index < -0.39 is 0 Å². The Labute approximate surface area is 92.7 Å². The molecule has 15 heavy (non-hydrogen) atoms. The summed E-state index contributed by atoms with van der Waals surface area (Å²) < 4.78 is 2.47. The van der Waals surface area contributed by atoms with Crippen LogP contribution in [0.25, 0.3) is 0 Å². The van der Waals surface area contributed by atoms with Crippen LogP contribution in [-0.4, -0.2) is 9.55 Å². The van der Waals surface area contributed by atoms with Crippen molar-refractivity contribution in [2.75, 3.05) is 0 Å². The van der Waals surface area contributed by atoms with Gasteiger partial charge in [0.1, 0.15) is 5.82 Å². The third-order valence-electron chi connectivity index (χ3n) is 3.06. The van der Waals surface area contributed by atoms with Crippen LogP contribution in [0.1, 0.15) is 56.9 Å². The van der Waals surface area contributed by atoms with Gasteiger partial charge in [-0.25, -0.2) is 4.98 Å². The summed E-state index contributed by atoms with van der Waals surface area (Å²) in [5, 5.41) is 0. The fraction of sp³-hybridized carbons (Fsp3) is 0.769. The molecule has 0 unspecified atom stereocenters. The van der Waals surface area contributed by atoms with E-state index in [1.54, 1.807) is 0 Å².